The van der Waals surface area contributed by atoms with E-state index >= 15 is 0 Å². The molecule has 22 heteroatoms. The van der Waals surface area contributed by atoms with Crippen LogP contribution in [0.25, 0.3) is 0 Å². The fourth-order valence-corrected chi connectivity index (χ4v) is 12.9. The van der Waals surface area contributed by atoms with Gasteiger partial charge in [0.2, 0.25) is 11.8 Å². The Labute approximate surface area is 556 Å². The first-order valence-corrected chi connectivity index (χ1v) is 38.2. The van der Waals surface area contributed by atoms with E-state index in [0.717, 1.165) is 116 Å². The zero-order chi connectivity index (χ0) is 66.2. The summed E-state index contributed by atoms with van der Waals surface area (Å²) >= 11 is 0. The number of hydrogen-bond donors (Lipinski definition) is 9. The molecule has 2 fully saturated rings. The summed E-state index contributed by atoms with van der Waals surface area (Å²) in [4.78, 5) is 68.1. The summed E-state index contributed by atoms with van der Waals surface area (Å²) in [5.41, 5.74) is 0. The average molecular weight is 1340 g/mol. The summed E-state index contributed by atoms with van der Waals surface area (Å²) in [5, 5.41) is 71.6. The quantitative estimate of drug-likeness (QED) is 0.0155. The molecule has 0 spiro atoms. The lowest BCUT2D eigenvalue weighted by molar-refractivity contribution is -0.301. The van der Waals surface area contributed by atoms with E-state index in [4.69, 9.17) is 28.2 Å². The number of hydrogen-bond acceptors (Lipinski definition) is 19. The summed E-state index contributed by atoms with van der Waals surface area (Å²) < 4.78 is 48.5. The Kier molecular flexibility index (Phi) is 55.2. The van der Waals surface area contributed by atoms with Crippen LogP contribution < -0.4 is 21.7 Å². The summed E-state index contributed by atoms with van der Waals surface area (Å²) in [6, 6.07) is -3.16. The maximum Gasteiger partial charge on any atom is 0.308 e. The Bertz CT molecular complexity index is 1860. The standard InChI is InChI=1S/C69H131N2O18P.CH4.H3N/c1-6-10-14-18-22-26-27-31-35-39-43-47-60(77)85-55(46-42-38-34-30-25-21-17-13-9-4)50-59(76)71-63-67(88-61(78)49-54(74)45-41-37-33-29-24-20-16-12-8-3)66(89-90(5,82)83)56(51-72)87-69(63)84-52-57-64(79)65(80)62(68(81)86-57)70-58(75)48-53(73)44-40-36-32-28-23-19-15-11-7-2;;/h53-57,62-69,72-74,79-81H,6-52H2,1-5H3,(H,70,75)(H,71,76)(H,82,83);1H4;1H3/p-1/t53-,54-,55-,56?,57?,62?,63?,64-,65-,66-,67-,68+,69-;;/m1../s1. The Morgan fingerprint density at radius 2 is 0.891 bits per heavy atom. The number of unbranched alkanes of at least 4 members (excludes halogenated alkanes) is 34. The van der Waals surface area contributed by atoms with Crippen molar-refractivity contribution in [2.24, 2.45) is 0 Å². The SMILES string of the molecule is C.CCCCCCCCCCCCCC(=O)O[C@H](CCCCCCCCCCC)CC(=O)NC1[C@H](OCC2O[C@H](O)C(NC(=O)C[C@H](O)CCCCCCCCCCC)[C@@H](O)[C@@H]2O)OC(CO)[C@@H](OP(C)(=O)[O-])[C@@H]1OC(=O)C[C@H](O)CCCCCCCCCCC.N. The molecule has 0 radical (unpaired) electrons. The van der Waals surface area contributed by atoms with Crippen molar-refractivity contribution >= 4 is 31.3 Å². The van der Waals surface area contributed by atoms with Crippen molar-refractivity contribution in [3.8, 4) is 0 Å². The topological polar surface area (TPSA) is 344 Å². The molecule has 0 saturated carbocycles. The number of nitrogens with one attached hydrogen (secondary N) is 2. The van der Waals surface area contributed by atoms with Crippen LogP contribution in [0.4, 0.5) is 0 Å². The second kappa shape index (κ2) is 56.6. The van der Waals surface area contributed by atoms with E-state index in [-0.39, 0.29) is 39.3 Å². The van der Waals surface area contributed by atoms with Crippen molar-refractivity contribution in [1.82, 2.24) is 16.8 Å². The van der Waals surface area contributed by atoms with Crippen LogP contribution in [0, 0.1) is 0 Å². The van der Waals surface area contributed by atoms with Crippen LogP contribution in [0.15, 0.2) is 0 Å². The van der Waals surface area contributed by atoms with Gasteiger partial charge in [0.1, 0.15) is 56.3 Å². The first-order chi connectivity index (χ1) is 43.4. The van der Waals surface area contributed by atoms with Crippen LogP contribution >= 0.6 is 7.60 Å². The molecule has 2 amide bonds. The lowest BCUT2D eigenvalue weighted by atomic mass is 9.95. The molecule has 0 aliphatic carbocycles. The lowest BCUT2D eigenvalue weighted by Crippen LogP contribution is -2.67. The molecule has 0 bridgehead atoms. The number of carbonyl (C=O) groups is 4. The first-order valence-electron chi connectivity index (χ1n) is 36.3. The largest absolute Gasteiger partial charge is 0.779 e. The predicted molar refractivity (Wildman–Crippen MR) is 361 cm³/mol. The normalized spacial score (nSPS) is 23.1. The number of rotatable bonds is 58. The monoisotopic (exact) mass is 1340 g/mol. The summed E-state index contributed by atoms with van der Waals surface area (Å²) in [6.45, 7) is 7.92. The zero-order valence-corrected chi connectivity index (χ0v) is 58.4. The fraction of sp³-hybridized carbons (Fsp3) is 0.943. The number of carbonyl (C=O) groups excluding carboxylic acids is 4. The van der Waals surface area contributed by atoms with Gasteiger partial charge in [-0.05, 0) is 32.1 Å². The highest BCUT2D eigenvalue weighted by Crippen LogP contribution is 2.40. The molecule has 2 aliphatic rings. The molecule has 21 nitrogen and oxygen atoms in total. The highest BCUT2D eigenvalue weighted by molar-refractivity contribution is 7.50. The summed E-state index contributed by atoms with van der Waals surface area (Å²) in [6.07, 6.45) is 23.9. The van der Waals surface area contributed by atoms with Gasteiger partial charge in [0, 0.05) is 13.1 Å². The van der Waals surface area contributed by atoms with E-state index in [1.54, 1.807) is 0 Å². The molecular formula is C70H137N3O18P-. The number of ether oxygens (including phenoxy) is 5. The molecule has 0 aromatic carbocycles. The van der Waals surface area contributed by atoms with Crippen LogP contribution in [0.2, 0.25) is 0 Å². The van der Waals surface area contributed by atoms with Crippen molar-refractivity contribution in [1.29, 1.82) is 0 Å². The van der Waals surface area contributed by atoms with Gasteiger partial charge in [-0.1, -0.05) is 266 Å². The molecule has 2 rings (SSSR count). The Hall–Kier alpha value is -2.37. The van der Waals surface area contributed by atoms with E-state index < -0.39 is 131 Å². The minimum atomic E-state index is -4.74. The maximum absolute atomic E-state index is 14.6. The molecule has 546 valence electrons. The predicted octanol–water partition coefficient (Wildman–Crippen LogP) is 12.7. The molecule has 14 atom stereocenters. The first kappa shape index (κ1) is 89.6. The van der Waals surface area contributed by atoms with Gasteiger partial charge in [0.15, 0.2) is 18.7 Å². The third-order valence-corrected chi connectivity index (χ3v) is 18.3. The van der Waals surface area contributed by atoms with Gasteiger partial charge >= 0.3 is 11.9 Å². The van der Waals surface area contributed by atoms with Crippen molar-refractivity contribution in [2.45, 2.75) is 404 Å². The van der Waals surface area contributed by atoms with Crippen LogP contribution in [0.1, 0.15) is 324 Å². The van der Waals surface area contributed by atoms with E-state index in [9.17, 15) is 59.3 Å². The third-order valence-electron chi connectivity index (χ3n) is 17.6. The molecular weight excluding hydrogens is 1200 g/mol. The molecule has 2 aliphatic heterocycles. The van der Waals surface area contributed by atoms with Crippen LogP contribution in [-0.4, -0.2) is 154 Å². The average Bonchev–Trinajstić information content (AvgIpc) is 0.802. The highest BCUT2D eigenvalue weighted by Gasteiger charge is 2.52. The number of esters is 2. The number of aliphatic hydroxyl groups is 6. The van der Waals surface area contributed by atoms with Gasteiger partial charge in [-0.2, -0.15) is 0 Å². The Balaban J connectivity index is 0.0000414. The molecule has 92 heavy (non-hydrogen) atoms. The van der Waals surface area contributed by atoms with E-state index in [2.05, 4.69) is 38.3 Å². The molecule has 0 aromatic heterocycles. The summed E-state index contributed by atoms with van der Waals surface area (Å²) in [5.74, 6) is -2.84. The van der Waals surface area contributed by atoms with E-state index in [1.807, 2.05) is 0 Å². The molecule has 0 aromatic rings. The van der Waals surface area contributed by atoms with Crippen LogP contribution in [-0.2, 0) is 52.0 Å². The maximum atomic E-state index is 14.6. The van der Waals surface area contributed by atoms with Crippen molar-refractivity contribution < 1.29 is 87.5 Å². The van der Waals surface area contributed by atoms with Gasteiger partial charge < -0.3 is 85.1 Å². The Morgan fingerprint density at radius 1 is 0.500 bits per heavy atom. The van der Waals surface area contributed by atoms with Crippen LogP contribution in [0.3, 0.4) is 0 Å². The minimum Gasteiger partial charge on any atom is -0.779 e. The van der Waals surface area contributed by atoms with Gasteiger partial charge in [0.25, 0.3) is 0 Å². The van der Waals surface area contributed by atoms with E-state index in [0.29, 0.717) is 32.1 Å². The third kappa shape index (κ3) is 43.0. The minimum absolute atomic E-state index is 0. The van der Waals surface area contributed by atoms with Gasteiger partial charge in [-0.3, -0.25) is 19.2 Å². The zero-order valence-electron chi connectivity index (χ0n) is 57.5. The second-order valence-electron chi connectivity index (χ2n) is 26.3. The fourth-order valence-electron chi connectivity index (χ4n) is 12.2. The lowest BCUT2D eigenvalue weighted by Gasteiger charge is -2.47. The Morgan fingerprint density at radius 3 is 1.33 bits per heavy atom. The number of aliphatic hydroxyl groups excluding tert-OH is 6. The van der Waals surface area contributed by atoms with Crippen molar-refractivity contribution in [3.63, 3.8) is 0 Å². The molecule has 2 heterocycles. The molecule has 5 unspecified atom stereocenters. The summed E-state index contributed by atoms with van der Waals surface area (Å²) in [7, 11) is -4.74. The van der Waals surface area contributed by atoms with Crippen molar-refractivity contribution in [3.05, 3.63) is 0 Å². The number of amides is 2. The highest BCUT2D eigenvalue weighted by atomic mass is 31.2. The van der Waals surface area contributed by atoms with Gasteiger partial charge in [-0.15, -0.1) is 0 Å². The molecule has 11 N–H and O–H groups in total. The smallest absolute Gasteiger partial charge is 0.308 e. The van der Waals surface area contributed by atoms with Gasteiger partial charge in [0.05, 0.1) is 44.7 Å². The second-order valence-corrected chi connectivity index (χ2v) is 28.0. The molecule has 2 saturated heterocycles. The van der Waals surface area contributed by atoms with Crippen LogP contribution in [0.5, 0.6) is 0 Å². The van der Waals surface area contributed by atoms with E-state index in [1.165, 1.54) is 116 Å². The van der Waals surface area contributed by atoms with Crippen molar-refractivity contribution in [2.75, 3.05) is 19.9 Å². The van der Waals surface area contributed by atoms with Gasteiger partial charge in [-0.25, -0.2) is 0 Å².